The number of rotatable bonds is 1. The van der Waals surface area contributed by atoms with Crippen molar-refractivity contribution in [2.24, 2.45) is 11.1 Å². The van der Waals surface area contributed by atoms with Crippen LogP contribution in [0.25, 0.3) is 11.0 Å². The molecule has 0 amide bonds. The molecule has 2 N–H and O–H groups in total. The summed E-state index contributed by atoms with van der Waals surface area (Å²) in [7, 11) is 0. The highest BCUT2D eigenvalue weighted by Gasteiger charge is 2.26. The van der Waals surface area contributed by atoms with Gasteiger partial charge >= 0.3 is 0 Å². The van der Waals surface area contributed by atoms with Gasteiger partial charge in [0.25, 0.3) is 0 Å². The zero-order valence-electron chi connectivity index (χ0n) is 10.1. The first kappa shape index (κ1) is 12.7. The fourth-order valence-electron chi connectivity index (χ4n) is 1.64. The van der Waals surface area contributed by atoms with Crippen molar-refractivity contribution in [3.8, 4) is 0 Å². The van der Waals surface area contributed by atoms with Crippen molar-refractivity contribution in [3.05, 3.63) is 34.0 Å². The zero-order valence-corrected chi connectivity index (χ0v) is 11.6. The molecular weight excluding hydrogens is 257 g/mol. The van der Waals surface area contributed by atoms with Crippen LogP contribution in [0.3, 0.4) is 0 Å². The Morgan fingerprint density at radius 1 is 1.24 bits per heavy atom. The van der Waals surface area contributed by atoms with E-state index in [2.05, 4.69) is 20.8 Å². The lowest BCUT2D eigenvalue weighted by Crippen LogP contribution is -2.25. The van der Waals surface area contributed by atoms with Crippen LogP contribution in [0.15, 0.2) is 22.6 Å². The minimum atomic E-state index is -0.176. The van der Waals surface area contributed by atoms with Crippen LogP contribution in [0, 0.1) is 5.41 Å². The van der Waals surface area contributed by atoms with E-state index >= 15 is 0 Å². The second kappa shape index (κ2) is 4.20. The van der Waals surface area contributed by atoms with Crippen LogP contribution in [-0.2, 0) is 0 Å². The van der Waals surface area contributed by atoms with Gasteiger partial charge in [-0.1, -0.05) is 44.0 Å². The van der Waals surface area contributed by atoms with Gasteiger partial charge in [-0.2, -0.15) is 0 Å². The van der Waals surface area contributed by atoms with Gasteiger partial charge in [-0.25, -0.2) is 0 Å². The normalized spacial score (nSPS) is 14.2. The maximum absolute atomic E-state index is 6.15. The molecule has 1 aromatic carbocycles. The summed E-state index contributed by atoms with van der Waals surface area (Å²) in [4.78, 5) is 0. The summed E-state index contributed by atoms with van der Waals surface area (Å²) in [5.74, 6) is 0.733. The molecule has 4 heteroatoms. The summed E-state index contributed by atoms with van der Waals surface area (Å²) in [6, 6.07) is 5.39. The topological polar surface area (TPSA) is 39.2 Å². The summed E-state index contributed by atoms with van der Waals surface area (Å²) >= 11 is 12.0. The van der Waals surface area contributed by atoms with Gasteiger partial charge in [0.1, 0.15) is 10.8 Å². The second-order valence-electron chi connectivity index (χ2n) is 5.27. The number of fused-ring (bicyclic) bond motifs is 1. The number of halogens is 2. The van der Waals surface area contributed by atoms with Crippen LogP contribution >= 0.6 is 23.2 Å². The van der Waals surface area contributed by atoms with Gasteiger partial charge in [-0.3, -0.25) is 0 Å². The Morgan fingerprint density at radius 3 is 2.47 bits per heavy atom. The Balaban J connectivity index is 2.56. The van der Waals surface area contributed by atoms with Crippen molar-refractivity contribution in [2.45, 2.75) is 26.8 Å². The molecule has 0 fully saturated rings. The Kier molecular flexibility index (Phi) is 3.15. The molecule has 0 aliphatic heterocycles. The summed E-state index contributed by atoms with van der Waals surface area (Å²) in [6.07, 6.45) is 0. The molecule has 0 radical (unpaired) electrons. The van der Waals surface area contributed by atoms with E-state index < -0.39 is 0 Å². The molecule has 1 unspecified atom stereocenters. The molecule has 0 aliphatic rings. The average molecular weight is 272 g/mol. The molecule has 0 saturated carbocycles. The van der Waals surface area contributed by atoms with Gasteiger partial charge in [0.2, 0.25) is 0 Å². The molecule has 1 heterocycles. The quantitative estimate of drug-likeness (QED) is 0.810. The van der Waals surface area contributed by atoms with Gasteiger partial charge in [0, 0.05) is 5.39 Å². The summed E-state index contributed by atoms with van der Waals surface area (Å²) in [5.41, 5.74) is 6.69. The smallest absolute Gasteiger partial charge is 0.154 e. The maximum Gasteiger partial charge on any atom is 0.154 e. The highest BCUT2D eigenvalue weighted by molar-refractivity contribution is 6.44. The predicted molar refractivity (Wildman–Crippen MR) is 72.6 cm³/mol. The lowest BCUT2D eigenvalue weighted by Gasteiger charge is -2.24. The SMILES string of the molecule is CC(C)(C)C(N)c1cc2ccc(Cl)c(Cl)c2o1. The zero-order chi connectivity index (χ0) is 12.8. The fraction of sp³-hybridized carbons (Fsp3) is 0.385. The van der Waals surface area contributed by atoms with Gasteiger partial charge in [0.05, 0.1) is 11.1 Å². The predicted octanol–water partition coefficient (Wildman–Crippen LogP) is 4.79. The molecule has 1 atom stereocenters. The first-order chi connectivity index (χ1) is 7.80. The van der Waals surface area contributed by atoms with E-state index in [1.165, 1.54) is 0 Å². The fourth-order valence-corrected chi connectivity index (χ4v) is 2.00. The maximum atomic E-state index is 6.15. The van der Waals surface area contributed by atoms with Crippen molar-refractivity contribution in [1.82, 2.24) is 0 Å². The lowest BCUT2D eigenvalue weighted by atomic mass is 9.86. The largest absolute Gasteiger partial charge is 0.458 e. The highest BCUT2D eigenvalue weighted by atomic mass is 35.5. The molecule has 0 aliphatic carbocycles. The molecule has 2 nitrogen and oxygen atoms in total. The lowest BCUT2D eigenvalue weighted by molar-refractivity contribution is 0.290. The van der Waals surface area contributed by atoms with Gasteiger partial charge in [-0.05, 0) is 23.6 Å². The molecule has 1 aromatic heterocycles. The number of nitrogens with two attached hydrogens (primary N) is 1. The third-order valence-electron chi connectivity index (χ3n) is 2.84. The minimum Gasteiger partial charge on any atom is -0.458 e. The number of benzene rings is 1. The van der Waals surface area contributed by atoms with E-state index in [0.29, 0.717) is 15.6 Å². The van der Waals surface area contributed by atoms with E-state index in [-0.39, 0.29) is 11.5 Å². The second-order valence-corrected chi connectivity index (χ2v) is 6.06. The van der Waals surface area contributed by atoms with Crippen LogP contribution in [0.4, 0.5) is 0 Å². The molecule has 92 valence electrons. The molecule has 2 rings (SSSR count). The Labute approximate surface area is 111 Å². The third-order valence-corrected chi connectivity index (χ3v) is 3.62. The van der Waals surface area contributed by atoms with Crippen LogP contribution in [0.2, 0.25) is 10.0 Å². The van der Waals surface area contributed by atoms with E-state index in [1.54, 1.807) is 6.07 Å². The van der Waals surface area contributed by atoms with Gasteiger partial charge in [0.15, 0.2) is 5.58 Å². The van der Waals surface area contributed by atoms with Crippen molar-refractivity contribution in [2.75, 3.05) is 0 Å². The van der Waals surface area contributed by atoms with Crippen LogP contribution in [0.5, 0.6) is 0 Å². The number of hydrogen-bond donors (Lipinski definition) is 1. The van der Waals surface area contributed by atoms with Crippen molar-refractivity contribution < 1.29 is 4.42 Å². The molecule has 0 saturated heterocycles. The van der Waals surface area contributed by atoms with E-state index in [0.717, 1.165) is 11.1 Å². The standard InChI is InChI=1S/C13H15Cl2NO/c1-13(2,3)12(16)9-6-7-4-5-8(14)10(15)11(7)17-9/h4-6,12H,16H2,1-3H3. The third kappa shape index (κ3) is 2.30. The first-order valence-electron chi connectivity index (χ1n) is 5.43. The van der Waals surface area contributed by atoms with Crippen molar-refractivity contribution in [1.29, 1.82) is 0 Å². The summed E-state index contributed by atoms with van der Waals surface area (Å²) in [6.45, 7) is 6.21. The molecule has 0 bridgehead atoms. The Morgan fingerprint density at radius 2 is 1.88 bits per heavy atom. The monoisotopic (exact) mass is 271 g/mol. The molecular formula is C13H15Cl2NO. The number of hydrogen-bond acceptors (Lipinski definition) is 2. The van der Waals surface area contributed by atoms with Crippen molar-refractivity contribution in [3.63, 3.8) is 0 Å². The molecule has 17 heavy (non-hydrogen) atoms. The first-order valence-corrected chi connectivity index (χ1v) is 6.19. The number of furan rings is 1. The average Bonchev–Trinajstić information content (AvgIpc) is 2.65. The Bertz CT molecular complexity index is 554. The van der Waals surface area contributed by atoms with E-state index in [9.17, 15) is 0 Å². The molecule has 0 spiro atoms. The summed E-state index contributed by atoms with van der Waals surface area (Å²) < 4.78 is 5.73. The van der Waals surface area contributed by atoms with Gasteiger partial charge in [-0.15, -0.1) is 0 Å². The van der Waals surface area contributed by atoms with Crippen LogP contribution < -0.4 is 5.73 Å². The highest BCUT2D eigenvalue weighted by Crippen LogP contribution is 2.37. The van der Waals surface area contributed by atoms with Crippen LogP contribution in [0.1, 0.15) is 32.6 Å². The van der Waals surface area contributed by atoms with Crippen LogP contribution in [-0.4, -0.2) is 0 Å². The van der Waals surface area contributed by atoms with Gasteiger partial charge < -0.3 is 10.2 Å². The van der Waals surface area contributed by atoms with E-state index in [4.69, 9.17) is 33.4 Å². The Hall–Kier alpha value is -0.700. The molecule has 2 aromatic rings. The van der Waals surface area contributed by atoms with Crippen molar-refractivity contribution >= 4 is 34.2 Å². The van der Waals surface area contributed by atoms with E-state index in [1.807, 2.05) is 12.1 Å². The summed E-state index contributed by atoms with van der Waals surface area (Å²) in [5, 5.41) is 1.86. The minimum absolute atomic E-state index is 0.0653.